The molecule has 1 aliphatic heterocycles. The van der Waals surface area contributed by atoms with Gasteiger partial charge in [-0.3, -0.25) is 15.1 Å². The van der Waals surface area contributed by atoms with Gasteiger partial charge >= 0.3 is 0 Å². The maximum Gasteiger partial charge on any atom is 0.269 e. The van der Waals surface area contributed by atoms with E-state index < -0.39 is 0 Å². The van der Waals surface area contributed by atoms with Crippen molar-refractivity contribution in [2.75, 3.05) is 4.90 Å². The van der Waals surface area contributed by atoms with E-state index >= 15 is 0 Å². The number of nitrogens with zero attached hydrogens (tertiary/aromatic N) is 4. The van der Waals surface area contributed by atoms with E-state index in [9.17, 15) is 10.1 Å². The molecule has 0 bridgehead atoms. The predicted octanol–water partition coefficient (Wildman–Crippen LogP) is 6.70. The SMILES string of the molecule is CC(C)n1ccc([C@@H]2[C@H](c3ccccn3)NC(=S)N2c2ccc(Sc3ccc([N+](=O)[O-])cc3)cc2)c1. The summed E-state index contributed by atoms with van der Waals surface area (Å²) in [5, 5.41) is 15.1. The minimum Gasteiger partial charge on any atom is -0.351 e. The Kier molecular flexibility index (Phi) is 6.75. The number of anilines is 1. The van der Waals surface area contributed by atoms with E-state index in [0.29, 0.717) is 11.2 Å². The quantitative estimate of drug-likeness (QED) is 0.167. The normalized spacial score (nSPS) is 17.4. The Bertz CT molecular complexity index is 1370. The van der Waals surface area contributed by atoms with E-state index in [1.54, 1.807) is 23.9 Å². The number of nitro benzene ring substituents is 1. The molecular formula is C27H25N5O2S2. The Morgan fingerprint density at radius 1 is 1.03 bits per heavy atom. The largest absolute Gasteiger partial charge is 0.351 e. The van der Waals surface area contributed by atoms with Gasteiger partial charge in [-0.2, -0.15) is 0 Å². The van der Waals surface area contributed by atoms with Gasteiger partial charge in [-0.15, -0.1) is 0 Å². The van der Waals surface area contributed by atoms with Gasteiger partial charge in [0.15, 0.2) is 5.11 Å². The van der Waals surface area contributed by atoms with Crippen molar-refractivity contribution in [3.05, 3.63) is 113 Å². The van der Waals surface area contributed by atoms with Crippen molar-refractivity contribution in [1.82, 2.24) is 14.9 Å². The Balaban J connectivity index is 1.44. The lowest BCUT2D eigenvalue weighted by atomic mass is 9.98. The van der Waals surface area contributed by atoms with Crippen LogP contribution >= 0.6 is 24.0 Å². The van der Waals surface area contributed by atoms with E-state index in [0.717, 1.165) is 26.7 Å². The predicted molar refractivity (Wildman–Crippen MR) is 146 cm³/mol. The molecule has 2 atom stereocenters. The van der Waals surface area contributed by atoms with Gasteiger partial charge in [0, 0.05) is 52.2 Å². The molecule has 182 valence electrons. The second-order valence-electron chi connectivity index (χ2n) is 8.83. The first kappa shape index (κ1) is 24.0. The zero-order valence-electron chi connectivity index (χ0n) is 19.8. The molecule has 0 amide bonds. The third kappa shape index (κ3) is 4.84. The van der Waals surface area contributed by atoms with E-state index in [-0.39, 0.29) is 22.7 Å². The number of pyridine rings is 1. The monoisotopic (exact) mass is 515 g/mol. The summed E-state index contributed by atoms with van der Waals surface area (Å²) in [6, 6.07) is 23.1. The Hall–Kier alpha value is -3.69. The summed E-state index contributed by atoms with van der Waals surface area (Å²) in [7, 11) is 0. The lowest BCUT2D eigenvalue weighted by Gasteiger charge is -2.27. The van der Waals surface area contributed by atoms with Gasteiger partial charge in [-0.25, -0.2) is 0 Å². The highest BCUT2D eigenvalue weighted by atomic mass is 32.2. The summed E-state index contributed by atoms with van der Waals surface area (Å²) in [5.74, 6) is 0. The fourth-order valence-corrected chi connectivity index (χ4v) is 5.51. The van der Waals surface area contributed by atoms with Gasteiger partial charge in [-0.05, 0) is 86.2 Å². The van der Waals surface area contributed by atoms with Gasteiger partial charge < -0.3 is 14.8 Å². The zero-order valence-corrected chi connectivity index (χ0v) is 21.4. The fourth-order valence-electron chi connectivity index (χ4n) is 4.35. The van der Waals surface area contributed by atoms with Crippen LogP contribution in [0.25, 0.3) is 0 Å². The molecule has 2 aromatic heterocycles. The number of rotatable bonds is 7. The van der Waals surface area contributed by atoms with Gasteiger partial charge in [0.05, 0.1) is 22.7 Å². The maximum atomic E-state index is 10.9. The average molecular weight is 516 g/mol. The van der Waals surface area contributed by atoms with Crippen LogP contribution in [0.3, 0.4) is 0 Å². The molecule has 5 rings (SSSR count). The molecule has 0 spiro atoms. The summed E-state index contributed by atoms with van der Waals surface area (Å²) >= 11 is 7.38. The lowest BCUT2D eigenvalue weighted by Crippen LogP contribution is -2.29. The van der Waals surface area contributed by atoms with Crippen LogP contribution in [0.1, 0.15) is 43.2 Å². The van der Waals surface area contributed by atoms with Gasteiger partial charge in [0.2, 0.25) is 0 Å². The molecule has 3 heterocycles. The van der Waals surface area contributed by atoms with Crippen molar-refractivity contribution < 1.29 is 4.92 Å². The van der Waals surface area contributed by atoms with Crippen molar-refractivity contribution in [2.45, 2.75) is 41.8 Å². The van der Waals surface area contributed by atoms with Crippen LogP contribution < -0.4 is 10.2 Å². The molecule has 1 fully saturated rings. The summed E-state index contributed by atoms with van der Waals surface area (Å²) in [4.78, 5) is 19.3. The van der Waals surface area contributed by atoms with Crippen LogP contribution in [0.15, 0.2) is 101 Å². The van der Waals surface area contributed by atoms with Crippen LogP contribution in [-0.4, -0.2) is 19.6 Å². The van der Waals surface area contributed by atoms with Gasteiger partial charge in [0.25, 0.3) is 5.69 Å². The van der Waals surface area contributed by atoms with E-state index in [4.69, 9.17) is 12.2 Å². The molecule has 1 aliphatic rings. The Morgan fingerprint density at radius 2 is 1.72 bits per heavy atom. The van der Waals surface area contributed by atoms with E-state index in [1.165, 1.54) is 12.1 Å². The first-order chi connectivity index (χ1) is 17.4. The third-order valence-corrected chi connectivity index (χ3v) is 7.50. The highest BCUT2D eigenvalue weighted by Crippen LogP contribution is 2.42. The van der Waals surface area contributed by atoms with Crippen molar-refractivity contribution in [3.8, 4) is 0 Å². The minimum absolute atomic E-state index is 0.0550. The van der Waals surface area contributed by atoms with Crippen molar-refractivity contribution >= 4 is 40.5 Å². The maximum absolute atomic E-state index is 10.9. The number of nitrogens with one attached hydrogen (secondary N) is 1. The highest BCUT2D eigenvalue weighted by Gasteiger charge is 2.41. The standard InChI is InChI=1S/C27H25N5O2S2/c1-18(2)30-16-14-19(17-30)26-25(24-5-3-4-15-28-24)29-27(35)31(26)20-6-10-22(11-7-20)36-23-12-8-21(9-13-23)32(33)34/h3-18,25-26H,1-2H3,(H,29,35)/t25-,26+/m0/s1. The lowest BCUT2D eigenvalue weighted by molar-refractivity contribution is -0.384. The summed E-state index contributed by atoms with van der Waals surface area (Å²) in [6.07, 6.45) is 6.11. The van der Waals surface area contributed by atoms with Gasteiger partial charge in [-0.1, -0.05) is 17.8 Å². The van der Waals surface area contributed by atoms with Crippen LogP contribution in [0.2, 0.25) is 0 Å². The fraction of sp³-hybridized carbons (Fsp3) is 0.185. The summed E-state index contributed by atoms with van der Waals surface area (Å²) in [5.41, 5.74) is 3.18. The number of non-ortho nitro benzene ring substituents is 1. The minimum atomic E-state index is -0.389. The molecule has 0 unspecified atom stereocenters. The third-order valence-electron chi connectivity index (χ3n) is 6.17. The van der Waals surface area contributed by atoms with Crippen molar-refractivity contribution in [1.29, 1.82) is 0 Å². The number of nitro groups is 1. The molecule has 0 aliphatic carbocycles. The smallest absolute Gasteiger partial charge is 0.269 e. The summed E-state index contributed by atoms with van der Waals surface area (Å²) in [6.45, 7) is 4.33. The first-order valence-electron chi connectivity index (χ1n) is 11.6. The molecule has 0 saturated carbocycles. The molecule has 7 nitrogen and oxygen atoms in total. The number of hydrogen-bond acceptors (Lipinski definition) is 5. The molecule has 9 heteroatoms. The average Bonchev–Trinajstić information content (AvgIpc) is 3.50. The summed E-state index contributed by atoms with van der Waals surface area (Å²) < 4.78 is 2.20. The van der Waals surface area contributed by atoms with Crippen LogP contribution in [-0.2, 0) is 0 Å². The number of benzene rings is 2. The first-order valence-corrected chi connectivity index (χ1v) is 12.8. The zero-order chi connectivity index (χ0) is 25.2. The Morgan fingerprint density at radius 3 is 2.31 bits per heavy atom. The second-order valence-corrected chi connectivity index (χ2v) is 10.4. The van der Waals surface area contributed by atoms with Gasteiger partial charge in [0.1, 0.15) is 0 Å². The van der Waals surface area contributed by atoms with E-state index in [1.807, 2.05) is 24.4 Å². The number of aromatic nitrogens is 2. The molecule has 0 radical (unpaired) electrons. The molecule has 36 heavy (non-hydrogen) atoms. The Labute approximate surface area is 219 Å². The second kappa shape index (κ2) is 10.1. The van der Waals surface area contributed by atoms with Crippen molar-refractivity contribution in [3.63, 3.8) is 0 Å². The van der Waals surface area contributed by atoms with Crippen LogP contribution in [0.4, 0.5) is 11.4 Å². The number of thiocarbonyl (C=S) groups is 1. The van der Waals surface area contributed by atoms with Crippen LogP contribution in [0.5, 0.6) is 0 Å². The molecule has 1 saturated heterocycles. The topological polar surface area (TPSA) is 76.2 Å². The van der Waals surface area contributed by atoms with Crippen molar-refractivity contribution in [2.24, 2.45) is 0 Å². The molecule has 4 aromatic rings. The number of hydrogen-bond donors (Lipinski definition) is 1. The molecule has 2 aromatic carbocycles. The van der Waals surface area contributed by atoms with Crippen LogP contribution in [0, 0.1) is 10.1 Å². The molecule has 1 N–H and O–H groups in total. The van der Waals surface area contributed by atoms with E-state index in [2.05, 4.69) is 76.3 Å². The highest BCUT2D eigenvalue weighted by molar-refractivity contribution is 7.99. The molecular weight excluding hydrogens is 490 g/mol.